The van der Waals surface area contributed by atoms with Gasteiger partial charge in [0.1, 0.15) is 10.9 Å². The third-order valence-corrected chi connectivity index (χ3v) is 4.85. The van der Waals surface area contributed by atoms with Crippen molar-refractivity contribution in [2.24, 2.45) is 11.8 Å². The number of hydrogen-bond acceptors (Lipinski definition) is 5. The number of thiophene rings is 1. The van der Waals surface area contributed by atoms with E-state index in [0.29, 0.717) is 5.95 Å². The van der Waals surface area contributed by atoms with E-state index in [1.165, 1.54) is 6.42 Å². The minimum absolute atomic E-state index is 0.274. The molecule has 2 aromatic rings. The highest BCUT2D eigenvalue weighted by Crippen LogP contribution is 2.34. The predicted molar refractivity (Wildman–Crippen MR) is 88.2 cm³/mol. The van der Waals surface area contributed by atoms with Crippen molar-refractivity contribution in [1.29, 1.82) is 0 Å². The van der Waals surface area contributed by atoms with E-state index in [2.05, 4.69) is 35.2 Å². The van der Waals surface area contributed by atoms with Gasteiger partial charge in [-0.25, -0.2) is 4.98 Å². The van der Waals surface area contributed by atoms with Gasteiger partial charge in [0.25, 0.3) is 0 Å². The lowest BCUT2D eigenvalue weighted by Gasteiger charge is -2.31. The number of ether oxygens (including phenoxy) is 1. The molecule has 0 saturated heterocycles. The lowest BCUT2D eigenvalue weighted by molar-refractivity contribution is 0.0983. The number of aromatic nitrogens is 2. The van der Waals surface area contributed by atoms with Crippen molar-refractivity contribution < 1.29 is 4.74 Å². The van der Waals surface area contributed by atoms with Gasteiger partial charge in [0.05, 0.1) is 5.39 Å². The summed E-state index contributed by atoms with van der Waals surface area (Å²) in [6.07, 6.45) is 3.82. The second-order valence-electron chi connectivity index (χ2n) is 6.18. The largest absolute Gasteiger partial charge is 0.474 e. The van der Waals surface area contributed by atoms with Gasteiger partial charge >= 0.3 is 0 Å². The number of nitrogens with one attached hydrogen (secondary N) is 1. The van der Waals surface area contributed by atoms with E-state index in [4.69, 9.17) is 4.74 Å². The van der Waals surface area contributed by atoms with Crippen LogP contribution < -0.4 is 10.1 Å². The van der Waals surface area contributed by atoms with Crippen LogP contribution in [0.25, 0.3) is 10.2 Å². The Bertz CT molecular complexity index is 603. The highest BCUT2D eigenvalue weighted by molar-refractivity contribution is 7.16. The fourth-order valence-electron chi connectivity index (χ4n) is 3.28. The number of nitrogens with zero attached hydrogens (tertiary/aromatic N) is 2. The average Bonchev–Trinajstić information content (AvgIpc) is 2.86. The van der Waals surface area contributed by atoms with Crippen LogP contribution in [0.3, 0.4) is 0 Å². The zero-order valence-corrected chi connectivity index (χ0v) is 13.7. The molecular weight excluding hydrogens is 282 g/mol. The maximum Gasteiger partial charge on any atom is 0.227 e. The lowest BCUT2D eigenvalue weighted by Crippen LogP contribution is -2.28. The summed E-state index contributed by atoms with van der Waals surface area (Å²) in [4.78, 5) is 10.1. The van der Waals surface area contributed by atoms with Gasteiger partial charge in [0.15, 0.2) is 0 Å². The quantitative estimate of drug-likeness (QED) is 0.913. The second kappa shape index (κ2) is 6.18. The third-order valence-electron chi connectivity index (χ3n) is 4.04. The molecule has 3 rings (SSSR count). The van der Waals surface area contributed by atoms with Crippen molar-refractivity contribution in [3.8, 4) is 5.88 Å². The molecule has 114 valence electrons. The van der Waals surface area contributed by atoms with Crippen molar-refractivity contribution >= 4 is 27.5 Å². The van der Waals surface area contributed by atoms with Crippen LogP contribution in [0.15, 0.2) is 11.4 Å². The number of fused-ring (bicyclic) bond motifs is 1. The first kappa shape index (κ1) is 14.6. The molecule has 1 saturated carbocycles. The monoisotopic (exact) mass is 305 g/mol. The summed E-state index contributed by atoms with van der Waals surface area (Å²) in [6, 6.07) is 2.06. The molecule has 0 aromatic carbocycles. The van der Waals surface area contributed by atoms with Gasteiger partial charge in [-0.3, -0.25) is 0 Å². The van der Waals surface area contributed by atoms with Gasteiger partial charge in [0.2, 0.25) is 11.8 Å². The molecule has 2 heterocycles. The van der Waals surface area contributed by atoms with Gasteiger partial charge in [0, 0.05) is 6.54 Å². The van der Waals surface area contributed by atoms with E-state index in [1.807, 2.05) is 12.3 Å². The van der Waals surface area contributed by atoms with Crippen LogP contribution in [0.1, 0.15) is 40.0 Å². The van der Waals surface area contributed by atoms with E-state index >= 15 is 0 Å². The van der Waals surface area contributed by atoms with E-state index in [9.17, 15) is 0 Å². The molecule has 0 amide bonds. The maximum absolute atomic E-state index is 6.27. The van der Waals surface area contributed by atoms with Crippen LogP contribution in [-0.2, 0) is 0 Å². The Morgan fingerprint density at radius 1 is 1.24 bits per heavy atom. The molecule has 5 heteroatoms. The van der Waals surface area contributed by atoms with Gasteiger partial charge in [-0.1, -0.05) is 13.8 Å². The van der Waals surface area contributed by atoms with Crippen molar-refractivity contribution in [1.82, 2.24) is 9.97 Å². The normalized spacial score (nSPS) is 26.0. The molecule has 1 N–H and O–H groups in total. The Kier molecular flexibility index (Phi) is 4.29. The van der Waals surface area contributed by atoms with E-state index < -0.39 is 0 Å². The first-order valence-corrected chi connectivity index (χ1v) is 8.69. The third kappa shape index (κ3) is 3.28. The van der Waals surface area contributed by atoms with Crippen molar-refractivity contribution in [3.05, 3.63) is 11.4 Å². The molecule has 0 bridgehead atoms. The SMILES string of the molecule is CCNc1nc(OC2CC(C)CC(C)C2)c2ccsc2n1. The highest BCUT2D eigenvalue weighted by atomic mass is 32.1. The van der Waals surface area contributed by atoms with Crippen molar-refractivity contribution in [2.75, 3.05) is 11.9 Å². The summed E-state index contributed by atoms with van der Waals surface area (Å²) in [6.45, 7) is 7.49. The standard InChI is InChI=1S/C16H23N3OS/c1-4-17-16-18-14(13-5-6-21-15(13)19-16)20-12-8-10(2)7-11(3)9-12/h5-6,10-12H,4,7-9H2,1-3H3,(H,17,18,19). The smallest absolute Gasteiger partial charge is 0.227 e. The Hall–Kier alpha value is -1.36. The number of hydrogen-bond donors (Lipinski definition) is 1. The second-order valence-corrected chi connectivity index (χ2v) is 7.07. The summed E-state index contributed by atoms with van der Waals surface area (Å²) >= 11 is 1.63. The Labute approximate surface area is 129 Å². The van der Waals surface area contributed by atoms with Crippen LogP contribution in [0.2, 0.25) is 0 Å². The van der Waals surface area contributed by atoms with Gasteiger partial charge in [-0.15, -0.1) is 11.3 Å². The molecule has 1 fully saturated rings. The average molecular weight is 305 g/mol. The molecule has 0 spiro atoms. The molecule has 0 aliphatic heterocycles. The molecule has 2 aromatic heterocycles. The predicted octanol–water partition coefficient (Wildman–Crippen LogP) is 4.33. The molecule has 0 radical (unpaired) electrons. The summed E-state index contributed by atoms with van der Waals surface area (Å²) in [5.74, 6) is 2.86. The van der Waals surface area contributed by atoms with E-state index in [1.54, 1.807) is 11.3 Å². The minimum Gasteiger partial charge on any atom is -0.474 e. The first-order chi connectivity index (χ1) is 10.2. The maximum atomic E-state index is 6.27. The van der Waals surface area contributed by atoms with Crippen LogP contribution in [0.5, 0.6) is 5.88 Å². The molecule has 2 atom stereocenters. The zero-order valence-electron chi connectivity index (χ0n) is 12.9. The Morgan fingerprint density at radius 3 is 2.71 bits per heavy atom. The fourth-order valence-corrected chi connectivity index (χ4v) is 4.04. The topological polar surface area (TPSA) is 47.0 Å². The van der Waals surface area contributed by atoms with Crippen LogP contribution in [-0.4, -0.2) is 22.6 Å². The van der Waals surface area contributed by atoms with Crippen LogP contribution in [0.4, 0.5) is 5.95 Å². The Morgan fingerprint density at radius 2 is 2.00 bits per heavy atom. The van der Waals surface area contributed by atoms with Gasteiger partial charge in [-0.05, 0) is 49.5 Å². The van der Waals surface area contributed by atoms with Gasteiger partial charge in [-0.2, -0.15) is 4.98 Å². The number of rotatable bonds is 4. The zero-order chi connectivity index (χ0) is 14.8. The molecule has 21 heavy (non-hydrogen) atoms. The first-order valence-electron chi connectivity index (χ1n) is 7.81. The highest BCUT2D eigenvalue weighted by Gasteiger charge is 2.26. The summed E-state index contributed by atoms with van der Waals surface area (Å²) in [7, 11) is 0. The molecular formula is C16H23N3OS. The summed E-state index contributed by atoms with van der Waals surface area (Å²) in [5.41, 5.74) is 0. The van der Waals surface area contributed by atoms with E-state index in [0.717, 1.165) is 47.3 Å². The number of anilines is 1. The van der Waals surface area contributed by atoms with Crippen LogP contribution >= 0.6 is 11.3 Å². The molecule has 1 aliphatic rings. The van der Waals surface area contributed by atoms with Crippen LogP contribution in [0, 0.1) is 11.8 Å². The minimum atomic E-state index is 0.274. The summed E-state index contributed by atoms with van der Waals surface area (Å²) < 4.78 is 6.27. The van der Waals surface area contributed by atoms with Crippen molar-refractivity contribution in [2.45, 2.75) is 46.1 Å². The lowest BCUT2D eigenvalue weighted by atomic mass is 9.82. The molecule has 1 aliphatic carbocycles. The van der Waals surface area contributed by atoms with Gasteiger partial charge < -0.3 is 10.1 Å². The molecule has 2 unspecified atom stereocenters. The molecule has 4 nitrogen and oxygen atoms in total. The van der Waals surface area contributed by atoms with Crippen molar-refractivity contribution in [3.63, 3.8) is 0 Å². The Balaban J connectivity index is 1.86. The summed E-state index contributed by atoms with van der Waals surface area (Å²) in [5, 5.41) is 6.27. The fraction of sp³-hybridized carbons (Fsp3) is 0.625. The van der Waals surface area contributed by atoms with E-state index in [-0.39, 0.29) is 6.10 Å².